The van der Waals surface area contributed by atoms with Crippen molar-refractivity contribution < 1.29 is 32.9 Å². The average molecular weight is 1300 g/mol. The Labute approximate surface area is 568 Å². The van der Waals surface area contributed by atoms with E-state index in [1.807, 2.05) is 21.1 Å². The molecule has 0 spiro atoms. The Morgan fingerprint density at radius 1 is 0.385 bits per heavy atom. The summed E-state index contributed by atoms with van der Waals surface area (Å²) < 4.78 is 24.0. The van der Waals surface area contributed by atoms with E-state index < -0.39 is 20.0 Å². The molecule has 0 rings (SSSR count). The lowest BCUT2D eigenvalue weighted by Crippen LogP contribution is -2.46. The van der Waals surface area contributed by atoms with Crippen molar-refractivity contribution in [1.29, 1.82) is 0 Å². The van der Waals surface area contributed by atoms with Gasteiger partial charge in [-0.2, -0.15) is 0 Å². The van der Waals surface area contributed by atoms with E-state index in [2.05, 4.69) is 79.9 Å². The van der Waals surface area contributed by atoms with Gasteiger partial charge in [-0.3, -0.25) is 13.8 Å². The van der Waals surface area contributed by atoms with E-state index in [-0.39, 0.29) is 19.1 Å². The molecule has 3 atom stereocenters. The number of hydrogen-bond acceptors (Lipinski definition) is 5. The van der Waals surface area contributed by atoms with Crippen molar-refractivity contribution in [3.05, 3.63) is 60.8 Å². The van der Waals surface area contributed by atoms with Gasteiger partial charge in [0.15, 0.2) is 0 Å². The van der Waals surface area contributed by atoms with Crippen LogP contribution in [0.1, 0.15) is 406 Å². The molecule has 0 bridgehead atoms. The summed E-state index contributed by atoms with van der Waals surface area (Å²) in [6, 6.07) is -0.763. The fourth-order valence-electron chi connectivity index (χ4n) is 12.4. The van der Waals surface area contributed by atoms with Gasteiger partial charge in [-0.05, 0) is 57.8 Å². The number of nitrogens with zero attached hydrogens (tertiary/aromatic N) is 1. The number of phosphoric acid groups is 1. The van der Waals surface area contributed by atoms with Crippen LogP contribution in [-0.4, -0.2) is 73.4 Å². The van der Waals surface area contributed by atoms with Gasteiger partial charge in [-0.1, -0.05) is 402 Å². The number of carbonyl (C=O) groups excluding carboxylic acids is 1. The smallest absolute Gasteiger partial charge is 0.391 e. The minimum Gasteiger partial charge on any atom is -0.391 e. The van der Waals surface area contributed by atoms with Gasteiger partial charge in [0.2, 0.25) is 5.91 Å². The first-order valence-electron chi connectivity index (χ1n) is 40.2. The Morgan fingerprint density at radius 2 is 0.659 bits per heavy atom. The van der Waals surface area contributed by atoms with Crippen LogP contribution >= 0.6 is 7.82 Å². The van der Waals surface area contributed by atoms with Crippen molar-refractivity contribution in [2.75, 3.05) is 40.9 Å². The summed E-state index contributed by atoms with van der Waals surface area (Å²) >= 11 is 0. The molecule has 0 aromatic rings. The highest BCUT2D eigenvalue weighted by atomic mass is 31.2. The number of hydrogen-bond donors (Lipinski definition) is 3. The molecular weight excluding hydrogens is 1140 g/mol. The van der Waals surface area contributed by atoms with Gasteiger partial charge in [0, 0.05) is 6.42 Å². The minimum atomic E-state index is -4.33. The summed E-state index contributed by atoms with van der Waals surface area (Å²) in [6.45, 7) is 4.84. The standard InChI is InChI=1S/C82H157N2O6P/c1-6-8-10-12-14-16-18-20-22-24-26-28-30-32-34-36-38-40-41-42-43-44-46-48-50-52-54-56-58-60-62-64-66-68-70-72-74-76-82(86)83-80(79-90-91(87,88)89-78-77-84(3,4)5)81(85)75-73-71-69-67-65-63-61-59-57-55-53-51-49-47-45-39-37-35-33-31-29-27-25-23-21-19-17-15-13-11-9-7-2/h8,10,14,16,20,22,26,28,32,34,80-81,85H,6-7,9,11-13,15,17-19,21,23-25,27,29-31,33,35-79H2,1-5H3,(H-,83,86,87,88)/p+1/b10-8-,16-14-,22-20-,28-26-,34-32-. The second-order valence-corrected chi connectivity index (χ2v) is 30.2. The van der Waals surface area contributed by atoms with Crippen molar-refractivity contribution in [2.24, 2.45) is 0 Å². The Kier molecular flexibility index (Phi) is 71.0. The molecule has 0 fully saturated rings. The lowest BCUT2D eigenvalue weighted by Gasteiger charge is -2.26. The summed E-state index contributed by atoms with van der Waals surface area (Å²) in [4.78, 5) is 23.5. The number of quaternary nitrogens is 1. The maximum Gasteiger partial charge on any atom is 0.472 e. The third-order valence-corrected chi connectivity index (χ3v) is 19.5. The van der Waals surface area contributed by atoms with Crippen LogP contribution in [0.5, 0.6) is 0 Å². The van der Waals surface area contributed by atoms with Crippen molar-refractivity contribution >= 4 is 13.7 Å². The fraction of sp³-hybridized carbons (Fsp3) is 0.866. The molecular formula is C82H158N2O6P+. The second-order valence-electron chi connectivity index (χ2n) is 28.8. The molecule has 0 aliphatic carbocycles. The molecule has 0 saturated heterocycles. The zero-order chi connectivity index (χ0) is 66.2. The molecule has 91 heavy (non-hydrogen) atoms. The molecule has 0 radical (unpaired) electrons. The summed E-state index contributed by atoms with van der Waals surface area (Å²) in [6.07, 6.45) is 101. The van der Waals surface area contributed by atoms with Crippen molar-refractivity contribution in [1.82, 2.24) is 5.32 Å². The van der Waals surface area contributed by atoms with Crippen LogP contribution in [0.3, 0.4) is 0 Å². The first-order chi connectivity index (χ1) is 44.5. The average Bonchev–Trinajstić information content (AvgIpc) is 3.42. The highest BCUT2D eigenvalue weighted by Gasteiger charge is 2.28. The largest absolute Gasteiger partial charge is 0.472 e. The van der Waals surface area contributed by atoms with E-state index in [1.165, 1.54) is 308 Å². The van der Waals surface area contributed by atoms with Crippen molar-refractivity contribution in [3.63, 3.8) is 0 Å². The minimum absolute atomic E-state index is 0.0762. The number of allylic oxidation sites excluding steroid dienone is 10. The van der Waals surface area contributed by atoms with E-state index in [9.17, 15) is 19.4 Å². The normalized spacial score (nSPS) is 13.8. The monoisotopic (exact) mass is 1300 g/mol. The lowest BCUT2D eigenvalue weighted by atomic mass is 10.0. The molecule has 8 nitrogen and oxygen atoms in total. The molecule has 3 N–H and O–H groups in total. The van der Waals surface area contributed by atoms with E-state index in [0.29, 0.717) is 23.9 Å². The van der Waals surface area contributed by atoms with Crippen molar-refractivity contribution in [2.45, 2.75) is 418 Å². The zero-order valence-electron chi connectivity index (χ0n) is 61.6. The Hall–Kier alpha value is -1.80. The highest BCUT2D eigenvalue weighted by Crippen LogP contribution is 2.43. The van der Waals surface area contributed by atoms with E-state index in [0.717, 1.165) is 70.6 Å². The number of rotatable bonds is 75. The molecule has 0 aromatic heterocycles. The van der Waals surface area contributed by atoms with E-state index in [4.69, 9.17) is 9.05 Å². The molecule has 1 amide bonds. The molecule has 0 aliphatic rings. The molecule has 0 aliphatic heterocycles. The lowest BCUT2D eigenvalue weighted by molar-refractivity contribution is -0.870. The topological polar surface area (TPSA) is 105 Å². The van der Waals surface area contributed by atoms with Crippen molar-refractivity contribution in [3.8, 4) is 0 Å². The van der Waals surface area contributed by atoms with Crippen LogP contribution < -0.4 is 5.32 Å². The van der Waals surface area contributed by atoms with Gasteiger partial charge in [0.05, 0.1) is 39.9 Å². The quantitative estimate of drug-likeness (QED) is 0.0243. The summed E-state index contributed by atoms with van der Waals surface area (Å²) in [5, 5.41) is 14.2. The van der Waals surface area contributed by atoms with Crippen LogP contribution in [0.15, 0.2) is 60.8 Å². The number of nitrogens with one attached hydrogen (secondary N) is 1. The van der Waals surface area contributed by atoms with Crippen LogP contribution in [0.4, 0.5) is 0 Å². The maximum absolute atomic E-state index is 13.1. The predicted octanol–water partition coefficient (Wildman–Crippen LogP) is 26.3. The predicted molar refractivity (Wildman–Crippen MR) is 401 cm³/mol. The number of carbonyl (C=O) groups is 1. The Balaban J connectivity index is 3.92. The van der Waals surface area contributed by atoms with Gasteiger partial charge in [0.1, 0.15) is 13.2 Å². The first-order valence-corrected chi connectivity index (χ1v) is 41.6. The van der Waals surface area contributed by atoms with Gasteiger partial charge in [-0.25, -0.2) is 4.57 Å². The molecule has 536 valence electrons. The summed E-state index contributed by atoms with van der Waals surface area (Å²) in [5.41, 5.74) is 0. The molecule has 3 unspecified atom stereocenters. The second kappa shape index (κ2) is 72.5. The van der Waals surface area contributed by atoms with Crippen LogP contribution in [-0.2, 0) is 18.4 Å². The number of amides is 1. The maximum atomic E-state index is 13.1. The fourth-order valence-corrected chi connectivity index (χ4v) is 13.1. The first kappa shape index (κ1) is 89.2. The van der Waals surface area contributed by atoms with E-state index in [1.54, 1.807) is 0 Å². The van der Waals surface area contributed by atoms with Crippen LogP contribution in [0, 0.1) is 0 Å². The van der Waals surface area contributed by atoms with Crippen LogP contribution in [0.25, 0.3) is 0 Å². The number of aliphatic hydroxyl groups is 1. The number of unbranched alkanes of at least 4 members (excludes halogenated alkanes) is 52. The molecule has 9 heteroatoms. The third-order valence-electron chi connectivity index (χ3n) is 18.5. The molecule has 0 saturated carbocycles. The Morgan fingerprint density at radius 3 is 0.967 bits per heavy atom. The summed E-state index contributed by atoms with van der Waals surface area (Å²) in [7, 11) is 1.63. The highest BCUT2D eigenvalue weighted by molar-refractivity contribution is 7.47. The number of aliphatic hydroxyl groups excluding tert-OH is 1. The Bertz CT molecular complexity index is 1670. The molecule has 0 aromatic carbocycles. The van der Waals surface area contributed by atoms with E-state index >= 15 is 0 Å². The summed E-state index contributed by atoms with van der Waals surface area (Å²) in [5.74, 6) is -0.136. The van der Waals surface area contributed by atoms with Gasteiger partial charge in [0.25, 0.3) is 0 Å². The van der Waals surface area contributed by atoms with Gasteiger partial charge >= 0.3 is 7.82 Å². The number of phosphoric ester groups is 1. The number of likely N-dealkylation sites (N-methyl/N-ethyl adjacent to an activating group) is 1. The van der Waals surface area contributed by atoms with Gasteiger partial charge in [-0.15, -0.1) is 0 Å². The van der Waals surface area contributed by atoms with Gasteiger partial charge < -0.3 is 19.8 Å². The SMILES string of the molecule is CC/C=C\C/C=C\C/C=C\C/C=C\C/C=C\CCCCCCCCCCCCCCCCCCCCCCCC(=O)NC(COP(=O)(O)OCC[N+](C)(C)C)C(O)CCCCCCCCCCCCCCCCCCCCCCCCCCCCCCCCCC. The third kappa shape index (κ3) is 75.4. The van der Waals surface area contributed by atoms with Crippen LogP contribution in [0.2, 0.25) is 0 Å². The molecule has 0 heterocycles. The zero-order valence-corrected chi connectivity index (χ0v) is 62.5.